The molecule has 3 amide bonds. The number of nitrogens with one attached hydrogen (secondary N) is 2. The smallest absolute Gasteiger partial charge is 0.313 e. The Balaban J connectivity index is 1.51. The largest absolute Gasteiger partial charge is 0.373 e. The van der Waals surface area contributed by atoms with Gasteiger partial charge in [0, 0.05) is 44.8 Å². The highest BCUT2D eigenvalue weighted by molar-refractivity contribution is 6.41. The Morgan fingerprint density at radius 1 is 1.21 bits per heavy atom. The lowest BCUT2D eigenvalue weighted by Gasteiger charge is -2.35. The number of nitrogens with zero attached hydrogens (tertiary/aromatic N) is 2. The molecule has 2 fully saturated rings. The summed E-state index contributed by atoms with van der Waals surface area (Å²) >= 11 is 6.15. The summed E-state index contributed by atoms with van der Waals surface area (Å²) < 4.78 is 5.68. The lowest BCUT2D eigenvalue weighted by Crippen LogP contribution is -2.48. The Kier molecular flexibility index (Phi) is 7.10. The maximum absolute atomic E-state index is 12.3. The number of hydrogen-bond donors (Lipinski definition) is 2. The predicted octanol–water partition coefficient (Wildman–Crippen LogP) is 1.63. The summed E-state index contributed by atoms with van der Waals surface area (Å²) in [5, 5.41) is 5.48. The molecule has 158 valence electrons. The highest BCUT2D eigenvalue weighted by Gasteiger charge is 2.24. The Bertz CT molecular complexity index is 778. The van der Waals surface area contributed by atoms with Crippen LogP contribution >= 0.6 is 11.6 Å². The third-order valence-electron chi connectivity index (χ3n) is 5.00. The van der Waals surface area contributed by atoms with Crippen LogP contribution in [0.1, 0.15) is 26.7 Å². The fourth-order valence-corrected chi connectivity index (χ4v) is 3.92. The second-order valence-electron chi connectivity index (χ2n) is 7.54. The summed E-state index contributed by atoms with van der Waals surface area (Å²) in [6.45, 7) is 7.26. The molecule has 0 saturated carbocycles. The third-order valence-corrected chi connectivity index (χ3v) is 5.33. The van der Waals surface area contributed by atoms with E-state index in [1.54, 1.807) is 23.1 Å². The quantitative estimate of drug-likeness (QED) is 0.704. The summed E-state index contributed by atoms with van der Waals surface area (Å²) in [5.41, 5.74) is 0.961. The van der Waals surface area contributed by atoms with Gasteiger partial charge in [-0.25, -0.2) is 0 Å². The molecule has 0 unspecified atom stereocenters. The van der Waals surface area contributed by atoms with Crippen molar-refractivity contribution in [3.8, 4) is 0 Å². The number of benzene rings is 1. The summed E-state index contributed by atoms with van der Waals surface area (Å²) in [7, 11) is 0. The van der Waals surface area contributed by atoms with Crippen LogP contribution in [0, 0.1) is 0 Å². The van der Waals surface area contributed by atoms with Gasteiger partial charge in [0.15, 0.2) is 0 Å². The van der Waals surface area contributed by atoms with Gasteiger partial charge >= 0.3 is 11.8 Å². The number of ether oxygens (including phenoxy) is 1. The highest BCUT2D eigenvalue weighted by Crippen LogP contribution is 2.29. The van der Waals surface area contributed by atoms with Crippen LogP contribution in [0.15, 0.2) is 18.2 Å². The second kappa shape index (κ2) is 9.56. The van der Waals surface area contributed by atoms with Gasteiger partial charge in [-0.1, -0.05) is 11.6 Å². The molecule has 2 atom stereocenters. The van der Waals surface area contributed by atoms with E-state index < -0.39 is 11.8 Å². The van der Waals surface area contributed by atoms with E-state index in [4.69, 9.17) is 16.3 Å². The Morgan fingerprint density at radius 2 is 1.93 bits per heavy atom. The summed E-state index contributed by atoms with van der Waals surface area (Å²) in [4.78, 5) is 40.2. The first-order valence-electron chi connectivity index (χ1n) is 9.90. The van der Waals surface area contributed by atoms with Gasteiger partial charge < -0.3 is 20.3 Å². The van der Waals surface area contributed by atoms with E-state index in [-0.39, 0.29) is 18.1 Å². The number of carbonyl (C=O) groups is 3. The Morgan fingerprint density at radius 3 is 2.59 bits per heavy atom. The van der Waals surface area contributed by atoms with Gasteiger partial charge in [-0.2, -0.15) is 0 Å². The first-order valence-corrected chi connectivity index (χ1v) is 10.3. The molecule has 2 aliphatic heterocycles. The monoisotopic (exact) mass is 422 g/mol. The van der Waals surface area contributed by atoms with Gasteiger partial charge in [-0.3, -0.25) is 19.3 Å². The molecule has 1 aromatic rings. The van der Waals surface area contributed by atoms with Crippen molar-refractivity contribution in [2.24, 2.45) is 0 Å². The van der Waals surface area contributed by atoms with E-state index in [1.807, 2.05) is 13.8 Å². The van der Waals surface area contributed by atoms with E-state index in [0.29, 0.717) is 42.5 Å². The van der Waals surface area contributed by atoms with Crippen molar-refractivity contribution in [1.29, 1.82) is 0 Å². The summed E-state index contributed by atoms with van der Waals surface area (Å²) in [6, 6.07) is 4.95. The first-order chi connectivity index (χ1) is 13.8. The molecule has 0 spiro atoms. The zero-order valence-electron chi connectivity index (χ0n) is 16.7. The minimum absolute atomic E-state index is 0.0362. The molecule has 2 aliphatic rings. The molecule has 8 nitrogen and oxygen atoms in total. The van der Waals surface area contributed by atoms with E-state index in [1.165, 1.54) is 0 Å². The molecule has 9 heteroatoms. The Labute approximate surface area is 175 Å². The molecule has 2 N–H and O–H groups in total. The third kappa shape index (κ3) is 5.68. The van der Waals surface area contributed by atoms with Crippen molar-refractivity contribution in [3.63, 3.8) is 0 Å². The predicted molar refractivity (Wildman–Crippen MR) is 111 cm³/mol. The zero-order chi connectivity index (χ0) is 21.0. The maximum atomic E-state index is 12.3. The van der Waals surface area contributed by atoms with E-state index in [2.05, 4.69) is 15.5 Å². The number of anilines is 2. The first kappa shape index (κ1) is 21.5. The molecule has 1 aromatic carbocycles. The summed E-state index contributed by atoms with van der Waals surface area (Å²) in [5.74, 6) is -1.48. The normalized spacial score (nSPS) is 22.6. The van der Waals surface area contributed by atoms with Crippen molar-refractivity contribution < 1.29 is 19.1 Å². The topological polar surface area (TPSA) is 91.0 Å². The molecular weight excluding hydrogens is 396 g/mol. The van der Waals surface area contributed by atoms with Crippen LogP contribution in [0.5, 0.6) is 0 Å². The van der Waals surface area contributed by atoms with E-state index in [9.17, 15) is 14.4 Å². The molecule has 2 heterocycles. The van der Waals surface area contributed by atoms with Gasteiger partial charge in [0.2, 0.25) is 5.91 Å². The van der Waals surface area contributed by atoms with Gasteiger partial charge in [0.05, 0.1) is 22.9 Å². The zero-order valence-corrected chi connectivity index (χ0v) is 17.5. The lowest BCUT2D eigenvalue weighted by atomic mass is 10.2. The SMILES string of the molecule is C[C@H]1CN(CCNC(=O)C(=O)Nc2cc(N3CCCC3=O)ccc2Cl)C[C@H](C)O1. The van der Waals surface area contributed by atoms with Gasteiger partial charge in [-0.15, -0.1) is 0 Å². The minimum atomic E-state index is -0.791. The second-order valence-corrected chi connectivity index (χ2v) is 7.95. The van der Waals surface area contributed by atoms with Crippen LogP contribution in [-0.2, 0) is 19.1 Å². The standard InChI is InChI=1S/C20H27ClN4O4/c1-13-11-24(12-14(2)29-13)9-7-22-19(27)20(28)23-17-10-15(5-6-16(17)21)25-8-3-4-18(25)26/h5-6,10,13-14H,3-4,7-9,11-12H2,1-2H3,(H,22,27)(H,23,28)/t13-,14-/m0/s1. The average Bonchev–Trinajstić information content (AvgIpc) is 3.08. The Hall–Kier alpha value is -2.16. The number of halogens is 1. The maximum Gasteiger partial charge on any atom is 0.313 e. The minimum Gasteiger partial charge on any atom is -0.373 e. The molecule has 0 bridgehead atoms. The number of morpholine rings is 1. The van der Waals surface area contributed by atoms with Crippen LogP contribution in [0.3, 0.4) is 0 Å². The van der Waals surface area contributed by atoms with E-state index in [0.717, 1.165) is 19.5 Å². The van der Waals surface area contributed by atoms with Gasteiger partial charge in [-0.05, 0) is 38.5 Å². The fourth-order valence-electron chi connectivity index (χ4n) is 3.75. The van der Waals surface area contributed by atoms with Crippen LogP contribution in [-0.4, -0.2) is 67.6 Å². The van der Waals surface area contributed by atoms with Crippen LogP contribution in [0.2, 0.25) is 5.02 Å². The molecular formula is C20H27ClN4O4. The highest BCUT2D eigenvalue weighted by atomic mass is 35.5. The van der Waals surface area contributed by atoms with Crippen LogP contribution < -0.4 is 15.5 Å². The number of amides is 3. The number of hydrogen-bond acceptors (Lipinski definition) is 5. The molecule has 3 rings (SSSR count). The van der Waals surface area contributed by atoms with Crippen molar-refractivity contribution in [3.05, 3.63) is 23.2 Å². The fraction of sp³-hybridized carbons (Fsp3) is 0.550. The van der Waals surface area contributed by atoms with Crippen LogP contribution in [0.4, 0.5) is 11.4 Å². The molecule has 0 aliphatic carbocycles. The molecule has 0 aromatic heterocycles. The van der Waals surface area contributed by atoms with Crippen molar-refractivity contribution >= 4 is 40.7 Å². The average molecular weight is 423 g/mol. The van der Waals surface area contributed by atoms with Crippen molar-refractivity contribution in [2.45, 2.75) is 38.9 Å². The molecule has 29 heavy (non-hydrogen) atoms. The molecule has 0 radical (unpaired) electrons. The number of carbonyl (C=O) groups excluding carboxylic acids is 3. The number of rotatable bonds is 5. The lowest BCUT2D eigenvalue weighted by molar-refractivity contribution is -0.136. The van der Waals surface area contributed by atoms with E-state index >= 15 is 0 Å². The van der Waals surface area contributed by atoms with Gasteiger partial charge in [0.25, 0.3) is 0 Å². The van der Waals surface area contributed by atoms with Crippen molar-refractivity contribution in [1.82, 2.24) is 10.2 Å². The van der Waals surface area contributed by atoms with Gasteiger partial charge in [0.1, 0.15) is 0 Å². The summed E-state index contributed by atoms with van der Waals surface area (Å²) in [6.07, 6.45) is 1.60. The van der Waals surface area contributed by atoms with Crippen molar-refractivity contribution in [2.75, 3.05) is 42.9 Å². The van der Waals surface area contributed by atoms with Crippen LogP contribution in [0.25, 0.3) is 0 Å². The molecule has 2 saturated heterocycles.